The number of anilines is 3. The maximum atomic E-state index is 15.2. The topological polar surface area (TPSA) is 121 Å². The number of likely N-dealkylation sites (tertiary alicyclic amines) is 1. The van der Waals surface area contributed by atoms with E-state index < -0.39 is 11.7 Å². The van der Waals surface area contributed by atoms with Gasteiger partial charge in [0.2, 0.25) is 17.7 Å². The van der Waals surface area contributed by atoms with Crippen molar-refractivity contribution in [3.05, 3.63) is 88.9 Å². The summed E-state index contributed by atoms with van der Waals surface area (Å²) in [5.74, 6) is 0.117. The fourth-order valence-corrected chi connectivity index (χ4v) is 7.33. The number of aryl methyl sites for hydroxylation is 3. The Morgan fingerprint density at radius 3 is 2.32 bits per heavy atom. The molecule has 2 aliphatic heterocycles. The fourth-order valence-electron chi connectivity index (χ4n) is 7.33. The van der Waals surface area contributed by atoms with Gasteiger partial charge in [-0.3, -0.25) is 14.5 Å². The average Bonchev–Trinajstić information content (AvgIpc) is 3.22. The van der Waals surface area contributed by atoms with E-state index in [9.17, 15) is 9.59 Å². The molecule has 12 nitrogen and oxygen atoms in total. The van der Waals surface area contributed by atoms with Crippen LogP contribution in [0.25, 0.3) is 0 Å². The number of nitrogens with one attached hydrogen (secondary N) is 2. The second-order valence-corrected chi connectivity index (χ2v) is 14.8. The minimum Gasteiger partial charge on any atom is -0.493 e. The quantitative estimate of drug-likeness (QED) is 0.103. The summed E-state index contributed by atoms with van der Waals surface area (Å²) in [5.41, 5.74) is 3.86. The number of piperazine rings is 1. The van der Waals surface area contributed by atoms with Gasteiger partial charge in [0, 0.05) is 62.8 Å². The molecule has 0 radical (unpaired) electrons. The molecule has 6 rings (SSSR count). The molecule has 2 saturated heterocycles. The number of hydrogen-bond acceptors (Lipinski definition) is 10. The van der Waals surface area contributed by atoms with Crippen LogP contribution < -0.4 is 24.8 Å². The van der Waals surface area contributed by atoms with Gasteiger partial charge in [-0.2, -0.15) is 4.98 Å². The molecule has 2 N–H and O–H groups in total. The molecule has 304 valence electrons. The highest BCUT2D eigenvalue weighted by Crippen LogP contribution is 2.35. The lowest BCUT2D eigenvalue weighted by Gasteiger charge is -2.34. The van der Waals surface area contributed by atoms with Crippen molar-refractivity contribution >= 4 is 29.1 Å². The van der Waals surface area contributed by atoms with E-state index in [-0.39, 0.29) is 29.0 Å². The zero-order valence-electron chi connectivity index (χ0n) is 33.7. The number of benzene rings is 3. The van der Waals surface area contributed by atoms with E-state index in [1.165, 1.54) is 38.6 Å². The number of rotatable bonds is 17. The first-order chi connectivity index (χ1) is 27.7. The first-order valence-corrected chi connectivity index (χ1v) is 20.2. The van der Waals surface area contributed by atoms with Crippen molar-refractivity contribution in [2.45, 2.75) is 65.7 Å². The Bertz CT molecular complexity index is 1960. The molecule has 0 unspecified atom stereocenters. The number of piperidine rings is 1. The summed E-state index contributed by atoms with van der Waals surface area (Å²) in [6.45, 7) is 14.0. The molecule has 3 aromatic carbocycles. The highest BCUT2D eigenvalue weighted by molar-refractivity contribution is 6.06. The Hall–Kier alpha value is -5.27. The van der Waals surface area contributed by atoms with Crippen molar-refractivity contribution in [2.75, 3.05) is 76.7 Å². The number of ether oxygens (including phenoxy) is 3. The highest BCUT2D eigenvalue weighted by atomic mass is 19.1. The van der Waals surface area contributed by atoms with Crippen LogP contribution in [0.15, 0.2) is 60.8 Å². The predicted molar refractivity (Wildman–Crippen MR) is 221 cm³/mol. The third-order valence-electron chi connectivity index (χ3n) is 10.6. The number of para-hydroxylation sites is 1. The van der Waals surface area contributed by atoms with Crippen molar-refractivity contribution in [1.82, 2.24) is 24.7 Å². The molecule has 2 fully saturated rings. The third kappa shape index (κ3) is 11.4. The molecule has 0 bridgehead atoms. The largest absolute Gasteiger partial charge is 0.493 e. The molecule has 0 saturated carbocycles. The van der Waals surface area contributed by atoms with Crippen molar-refractivity contribution in [1.29, 1.82) is 0 Å². The number of halogens is 1. The van der Waals surface area contributed by atoms with E-state index in [2.05, 4.69) is 37.3 Å². The SMILES string of the molecule is CCCN1CCN(C(=O)CCc2ccc(Oc3nc(Nc4ccc(OCCCN5CCCCC5)c(F)c4)ncc3C(=O)Nc3c(C)cccc3C)c(OC)c2)CC1. The van der Waals surface area contributed by atoms with Crippen LogP contribution in [-0.4, -0.2) is 103 Å². The molecule has 2 amide bonds. The molecule has 0 atom stereocenters. The number of nitrogens with zero attached hydrogens (tertiary/aromatic N) is 5. The van der Waals surface area contributed by atoms with Crippen molar-refractivity contribution in [3.8, 4) is 23.1 Å². The fraction of sp³-hybridized carbons (Fsp3) is 0.455. The molecule has 13 heteroatoms. The standard InChI is InChI=1S/C44H56FN7O5/c1-5-19-50-23-25-52(26-24-50)40(53)18-14-33-13-16-38(39(28-33)55-4)57-43-35(42(54)48-41-31(2)11-9-12-32(41)3)30-46-44(49-43)47-34-15-17-37(36(45)29-34)56-27-10-22-51-20-7-6-8-21-51/h9,11-13,15-17,28-30H,5-8,10,14,18-27H2,1-4H3,(H,48,54)(H,46,47,49). The second kappa shape index (κ2) is 20.2. The number of aromatic nitrogens is 2. The van der Waals surface area contributed by atoms with Crippen LogP contribution in [-0.2, 0) is 11.2 Å². The van der Waals surface area contributed by atoms with Crippen LogP contribution in [0.1, 0.15) is 72.5 Å². The zero-order valence-corrected chi connectivity index (χ0v) is 33.7. The average molecular weight is 782 g/mol. The van der Waals surface area contributed by atoms with Gasteiger partial charge in [0.1, 0.15) is 5.56 Å². The van der Waals surface area contributed by atoms with Crippen LogP contribution in [0, 0.1) is 19.7 Å². The van der Waals surface area contributed by atoms with Crippen LogP contribution in [0.2, 0.25) is 0 Å². The number of carbonyl (C=O) groups is 2. The van der Waals surface area contributed by atoms with Gasteiger partial charge in [0.25, 0.3) is 5.91 Å². The molecule has 1 aromatic heterocycles. The van der Waals surface area contributed by atoms with Crippen molar-refractivity contribution < 1.29 is 28.2 Å². The minimum atomic E-state index is -0.514. The molecular weight excluding hydrogens is 726 g/mol. The first kappa shape index (κ1) is 41.4. The summed E-state index contributed by atoms with van der Waals surface area (Å²) in [7, 11) is 1.53. The monoisotopic (exact) mass is 781 g/mol. The summed E-state index contributed by atoms with van der Waals surface area (Å²) in [6, 6.07) is 15.8. The molecule has 0 aliphatic carbocycles. The van der Waals surface area contributed by atoms with Gasteiger partial charge >= 0.3 is 0 Å². The smallest absolute Gasteiger partial charge is 0.262 e. The number of amides is 2. The van der Waals surface area contributed by atoms with Gasteiger partial charge in [-0.25, -0.2) is 9.37 Å². The van der Waals surface area contributed by atoms with Gasteiger partial charge in [0.15, 0.2) is 23.1 Å². The van der Waals surface area contributed by atoms with Gasteiger partial charge in [-0.05, 0) is 107 Å². The lowest BCUT2D eigenvalue weighted by Crippen LogP contribution is -2.48. The summed E-state index contributed by atoms with van der Waals surface area (Å²) in [5, 5.41) is 6.03. The van der Waals surface area contributed by atoms with Crippen LogP contribution in [0.4, 0.5) is 21.7 Å². The lowest BCUT2D eigenvalue weighted by molar-refractivity contribution is -0.132. The molecule has 0 spiro atoms. The second-order valence-electron chi connectivity index (χ2n) is 14.8. The molecule has 57 heavy (non-hydrogen) atoms. The molecule has 4 aromatic rings. The summed E-state index contributed by atoms with van der Waals surface area (Å²) in [4.78, 5) is 42.6. The van der Waals surface area contributed by atoms with Crippen molar-refractivity contribution in [2.24, 2.45) is 0 Å². The Morgan fingerprint density at radius 2 is 1.60 bits per heavy atom. The molecular formula is C44H56FN7O5. The minimum absolute atomic E-state index is 0.0335. The lowest BCUT2D eigenvalue weighted by atomic mass is 10.1. The normalized spacial score (nSPS) is 14.9. The maximum Gasteiger partial charge on any atom is 0.262 e. The Morgan fingerprint density at radius 1 is 0.860 bits per heavy atom. The Kier molecular flexibility index (Phi) is 14.7. The number of carbonyl (C=O) groups excluding carboxylic acids is 2. The van der Waals surface area contributed by atoms with Gasteiger partial charge in [-0.1, -0.05) is 37.6 Å². The van der Waals surface area contributed by atoms with E-state index >= 15 is 4.39 Å². The van der Waals surface area contributed by atoms with Gasteiger partial charge in [-0.15, -0.1) is 0 Å². The molecule has 2 aliphatic rings. The predicted octanol–water partition coefficient (Wildman–Crippen LogP) is 7.77. The van der Waals surface area contributed by atoms with E-state index in [1.807, 2.05) is 49.1 Å². The first-order valence-electron chi connectivity index (χ1n) is 20.2. The van der Waals surface area contributed by atoms with Gasteiger partial charge in [0.05, 0.1) is 13.7 Å². The maximum absolute atomic E-state index is 15.2. The highest BCUT2D eigenvalue weighted by Gasteiger charge is 2.23. The third-order valence-corrected chi connectivity index (χ3v) is 10.6. The Balaban J connectivity index is 1.16. The van der Waals surface area contributed by atoms with E-state index in [0.717, 1.165) is 81.9 Å². The molecule has 3 heterocycles. The van der Waals surface area contributed by atoms with Crippen LogP contribution in [0.3, 0.4) is 0 Å². The van der Waals surface area contributed by atoms with Crippen molar-refractivity contribution in [3.63, 3.8) is 0 Å². The summed E-state index contributed by atoms with van der Waals surface area (Å²) in [6.07, 6.45) is 7.97. The van der Waals surface area contributed by atoms with Crippen LogP contribution >= 0.6 is 0 Å². The van der Waals surface area contributed by atoms with E-state index in [4.69, 9.17) is 14.2 Å². The van der Waals surface area contributed by atoms with E-state index in [1.54, 1.807) is 18.2 Å². The zero-order chi connectivity index (χ0) is 40.1. The number of hydrogen-bond donors (Lipinski definition) is 2. The summed E-state index contributed by atoms with van der Waals surface area (Å²) < 4.78 is 33.0. The summed E-state index contributed by atoms with van der Waals surface area (Å²) >= 11 is 0. The van der Waals surface area contributed by atoms with E-state index in [0.29, 0.717) is 42.3 Å². The Labute approximate surface area is 335 Å². The van der Waals surface area contributed by atoms with Crippen LogP contribution in [0.5, 0.6) is 23.1 Å². The number of methoxy groups -OCH3 is 1. The van der Waals surface area contributed by atoms with Gasteiger partial charge < -0.3 is 34.6 Å².